The fourth-order valence-corrected chi connectivity index (χ4v) is 9.65. The Morgan fingerprint density at radius 3 is 1.34 bits per heavy atom. The van der Waals surface area contributed by atoms with E-state index in [-0.39, 0.29) is 12.8 Å². The molecule has 0 aliphatic heterocycles. The second-order valence-corrected chi connectivity index (χ2v) is 21.2. The lowest BCUT2D eigenvalue weighted by molar-refractivity contribution is -0.213. The molecular weight excluding hydrogens is 937 g/mol. The number of esters is 2. The Bertz CT molecular complexity index is 1500. The molecule has 0 aromatic rings. The van der Waals surface area contributed by atoms with E-state index in [1.807, 2.05) is 0 Å². The Hall–Kier alpha value is -1.37. The van der Waals surface area contributed by atoms with Gasteiger partial charge < -0.3 is 49.3 Å². The molecule has 0 bridgehead atoms. The Labute approximate surface area is 398 Å². The summed E-state index contributed by atoms with van der Waals surface area (Å²) in [5.74, 6) is -1.31. The van der Waals surface area contributed by atoms with Crippen LogP contribution in [-0.4, -0.2) is 108 Å². The molecule has 0 amide bonds. The van der Waals surface area contributed by atoms with Crippen molar-refractivity contribution in [2.24, 2.45) is 0 Å². The van der Waals surface area contributed by atoms with Crippen LogP contribution < -0.4 is 0 Å². The topological polar surface area (TPSA) is 303 Å². The van der Waals surface area contributed by atoms with Crippen LogP contribution in [0.25, 0.3) is 0 Å². The van der Waals surface area contributed by atoms with Gasteiger partial charge in [-0.15, -0.1) is 0 Å². The monoisotopic (exact) mass is 1020 g/mol. The number of carbonyl (C=O) groups excluding carboxylic acids is 2. The molecule has 1 aliphatic rings. The standard InChI is InChI=1S/C45H85O19P3/c1-3-5-7-9-11-13-15-17-19-21-23-25-27-29-31-33-38(46)59-35-37(61-39(47)34-32-30-28-26-24-22-20-18-16-14-12-10-8-6-4-2)36-60-67(57,58)64-43-40(48)41(49)44(62-65(51,52)53)45(42(43)50)63-66(54,55)56/h11,13,17,19,37,40-45,48-50H,3-10,12,14-16,18,20-36H2,1-2H3,(H,57,58)(H2,51,52,53)(H2,54,55,56)/b13-11-,19-17-/t37-,40?,41?,42?,43+,44?,45+/m1/s1. The van der Waals surface area contributed by atoms with Gasteiger partial charge in [0.05, 0.1) is 6.61 Å². The molecular formula is C45H85O19P3. The molecule has 8 N–H and O–H groups in total. The number of carbonyl (C=O) groups is 2. The van der Waals surface area contributed by atoms with Gasteiger partial charge >= 0.3 is 35.4 Å². The van der Waals surface area contributed by atoms with Crippen LogP contribution in [0.1, 0.15) is 194 Å². The van der Waals surface area contributed by atoms with Crippen molar-refractivity contribution in [1.29, 1.82) is 0 Å². The van der Waals surface area contributed by atoms with Crippen molar-refractivity contribution >= 4 is 35.4 Å². The smallest absolute Gasteiger partial charge is 0.462 e. The fourth-order valence-electron chi connectivity index (χ4n) is 7.55. The molecule has 0 spiro atoms. The number of aliphatic hydroxyl groups excluding tert-OH is 3. The quantitative estimate of drug-likeness (QED) is 0.0122. The van der Waals surface area contributed by atoms with Crippen LogP contribution >= 0.6 is 23.5 Å². The van der Waals surface area contributed by atoms with E-state index < -0.39 is 91.3 Å². The van der Waals surface area contributed by atoms with Crippen molar-refractivity contribution in [3.63, 3.8) is 0 Å². The van der Waals surface area contributed by atoms with Crippen LogP contribution in [0, 0.1) is 0 Å². The van der Waals surface area contributed by atoms with Gasteiger partial charge in [0.2, 0.25) is 0 Å². The predicted octanol–water partition coefficient (Wildman–Crippen LogP) is 9.07. The molecule has 19 nitrogen and oxygen atoms in total. The molecule has 1 aliphatic carbocycles. The van der Waals surface area contributed by atoms with Gasteiger partial charge in [0, 0.05) is 12.8 Å². The van der Waals surface area contributed by atoms with E-state index in [1.165, 1.54) is 83.5 Å². The third-order valence-corrected chi connectivity index (χ3v) is 13.3. The molecule has 1 fully saturated rings. The van der Waals surface area contributed by atoms with Crippen molar-refractivity contribution in [2.75, 3.05) is 13.2 Å². The number of unbranched alkanes of at least 4 members (excludes halogenated alkanes) is 22. The molecule has 0 radical (unpaired) electrons. The Morgan fingerprint density at radius 2 is 0.866 bits per heavy atom. The Morgan fingerprint density at radius 1 is 0.478 bits per heavy atom. The molecule has 0 aromatic carbocycles. The molecule has 5 unspecified atom stereocenters. The molecule has 22 heteroatoms. The zero-order valence-corrected chi connectivity index (χ0v) is 42.7. The minimum atomic E-state index is -5.60. The zero-order valence-electron chi connectivity index (χ0n) is 40.0. The third-order valence-electron chi connectivity index (χ3n) is 11.3. The highest BCUT2D eigenvalue weighted by molar-refractivity contribution is 7.47. The number of aliphatic hydroxyl groups is 3. The first-order valence-electron chi connectivity index (χ1n) is 24.6. The largest absolute Gasteiger partial charge is 0.472 e. The van der Waals surface area contributed by atoms with Crippen LogP contribution in [0.2, 0.25) is 0 Å². The number of hydrogen-bond acceptors (Lipinski definition) is 14. The van der Waals surface area contributed by atoms with Crippen LogP contribution in [0.15, 0.2) is 24.3 Å². The first-order valence-corrected chi connectivity index (χ1v) is 29.2. The van der Waals surface area contributed by atoms with Crippen LogP contribution in [0.4, 0.5) is 0 Å². The van der Waals surface area contributed by atoms with Gasteiger partial charge in [0.1, 0.15) is 43.2 Å². The van der Waals surface area contributed by atoms with E-state index in [0.29, 0.717) is 12.8 Å². The van der Waals surface area contributed by atoms with E-state index >= 15 is 0 Å². The fraction of sp³-hybridized carbons (Fsp3) is 0.867. The molecule has 0 aromatic heterocycles. The summed E-state index contributed by atoms with van der Waals surface area (Å²) in [6, 6.07) is 0. The van der Waals surface area contributed by atoms with Gasteiger partial charge in [-0.1, -0.05) is 160 Å². The lowest BCUT2D eigenvalue weighted by Gasteiger charge is -2.44. The number of allylic oxidation sites excluding steroid dienone is 4. The predicted molar refractivity (Wildman–Crippen MR) is 252 cm³/mol. The number of ether oxygens (including phenoxy) is 2. The van der Waals surface area contributed by atoms with E-state index in [0.717, 1.165) is 70.6 Å². The maximum atomic E-state index is 13.1. The van der Waals surface area contributed by atoms with Gasteiger partial charge in [-0.25, -0.2) is 13.7 Å². The summed E-state index contributed by atoms with van der Waals surface area (Å²) in [5.41, 5.74) is 0. The van der Waals surface area contributed by atoms with E-state index in [1.54, 1.807) is 0 Å². The second kappa shape index (κ2) is 37.4. The first kappa shape index (κ1) is 63.6. The summed E-state index contributed by atoms with van der Waals surface area (Å²) in [7, 11) is -16.6. The molecule has 8 atom stereocenters. The highest BCUT2D eigenvalue weighted by atomic mass is 31.2. The summed E-state index contributed by atoms with van der Waals surface area (Å²) in [5, 5.41) is 31.9. The average Bonchev–Trinajstić information content (AvgIpc) is 3.25. The summed E-state index contributed by atoms with van der Waals surface area (Å²) in [6.45, 7) is 2.92. The SMILES string of the molecule is CCCCC/C=C\C/C=C\CCCCCCCC(=O)OC[C@H](COP(=O)(O)O[C@H]1C(O)C(O)C(OP(=O)(O)O)[C@@H](OP(=O)(O)O)C1O)OC(=O)CCCCCCCCCCCCCCCCC. The summed E-state index contributed by atoms with van der Waals surface area (Å²) in [4.78, 5) is 73.2. The normalized spacial score (nSPS) is 21.8. The van der Waals surface area contributed by atoms with E-state index in [4.69, 9.17) is 18.5 Å². The molecule has 0 heterocycles. The summed E-state index contributed by atoms with van der Waals surface area (Å²) >= 11 is 0. The van der Waals surface area contributed by atoms with Crippen LogP contribution in [0.3, 0.4) is 0 Å². The van der Waals surface area contributed by atoms with Crippen molar-refractivity contribution in [2.45, 2.75) is 236 Å². The number of phosphoric ester groups is 3. The number of phosphoric acid groups is 3. The van der Waals surface area contributed by atoms with Crippen LogP contribution in [0.5, 0.6) is 0 Å². The molecule has 67 heavy (non-hydrogen) atoms. The average molecular weight is 1020 g/mol. The maximum absolute atomic E-state index is 13.1. The lowest BCUT2D eigenvalue weighted by Crippen LogP contribution is -2.65. The third kappa shape index (κ3) is 33.8. The second-order valence-electron chi connectivity index (χ2n) is 17.4. The van der Waals surface area contributed by atoms with E-state index in [9.17, 15) is 63.1 Å². The van der Waals surface area contributed by atoms with Crippen molar-refractivity contribution in [3.8, 4) is 0 Å². The zero-order chi connectivity index (χ0) is 50.0. The minimum absolute atomic E-state index is 0.000885. The highest BCUT2D eigenvalue weighted by Gasteiger charge is 2.56. The van der Waals surface area contributed by atoms with Gasteiger partial charge in [-0.2, -0.15) is 0 Å². The minimum Gasteiger partial charge on any atom is -0.462 e. The summed E-state index contributed by atoms with van der Waals surface area (Å²) < 4.78 is 65.5. The van der Waals surface area contributed by atoms with Crippen molar-refractivity contribution < 1.29 is 90.6 Å². The van der Waals surface area contributed by atoms with E-state index in [2.05, 4.69) is 47.2 Å². The molecule has 1 saturated carbocycles. The number of rotatable bonds is 42. The Balaban J connectivity index is 2.72. The molecule has 1 rings (SSSR count). The van der Waals surface area contributed by atoms with Gasteiger partial charge in [0.25, 0.3) is 0 Å². The number of hydrogen-bond donors (Lipinski definition) is 8. The lowest BCUT2D eigenvalue weighted by atomic mass is 9.85. The maximum Gasteiger partial charge on any atom is 0.472 e. The van der Waals surface area contributed by atoms with Crippen molar-refractivity contribution in [1.82, 2.24) is 0 Å². The Kier molecular flexibility index (Phi) is 35.5. The molecule has 394 valence electrons. The van der Waals surface area contributed by atoms with Gasteiger partial charge in [0.15, 0.2) is 6.10 Å². The highest BCUT2D eigenvalue weighted by Crippen LogP contribution is 2.51. The van der Waals surface area contributed by atoms with Crippen LogP contribution in [-0.2, 0) is 50.9 Å². The summed E-state index contributed by atoms with van der Waals surface area (Å²) in [6.07, 6.45) is 20.5. The first-order chi connectivity index (χ1) is 31.8. The van der Waals surface area contributed by atoms with Gasteiger partial charge in [-0.3, -0.25) is 27.7 Å². The molecule has 0 saturated heterocycles. The van der Waals surface area contributed by atoms with Crippen molar-refractivity contribution in [3.05, 3.63) is 24.3 Å². The van der Waals surface area contributed by atoms with Gasteiger partial charge in [-0.05, 0) is 44.9 Å².